The average Bonchev–Trinajstić information content (AvgIpc) is 2.59. The molecule has 3 nitrogen and oxygen atoms in total. The number of ether oxygens (including phenoxy) is 2. The van der Waals surface area contributed by atoms with E-state index >= 15 is 0 Å². The molecule has 0 atom stereocenters. The lowest BCUT2D eigenvalue weighted by Gasteiger charge is -2.28. The van der Waals surface area contributed by atoms with Gasteiger partial charge in [0, 0.05) is 11.1 Å². The number of hydrogen-bond donors (Lipinski definition) is 0. The first-order valence-corrected chi connectivity index (χ1v) is 10.7. The molecule has 0 aromatic heterocycles. The first-order chi connectivity index (χ1) is 13.7. The molecule has 0 aliphatic carbocycles. The summed E-state index contributed by atoms with van der Waals surface area (Å²) in [5.74, 6) is 0.578. The smallest absolute Gasteiger partial charge is 0.434 e. The van der Waals surface area contributed by atoms with Crippen molar-refractivity contribution in [2.24, 2.45) is 0 Å². The lowest BCUT2D eigenvalue weighted by atomic mass is 9.78. The Hall–Kier alpha value is -2.29. The normalized spacial score (nSPS) is 12.1. The number of carbonyl (C=O) groups excluding carboxylic acids is 1. The molecule has 0 unspecified atom stereocenters. The van der Waals surface area contributed by atoms with Crippen molar-refractivity contribution in [3.05, 3.63) is 51.6 Å². The van der Waals surface area contributed by atoms with Gasteiger partial charge in [-0.25, -0.2) is 4.79 Å². The zero-order chi connectivity index (χ0) is 23.0. The van der Waals surface area contributed by atoms with Gasteiger partial charge in [0.25, 0.3) is 0 Å². The molecule has 163 valence electrons. The van der Waals surface area contributed by atoms with Crippen LogP contribution in [0.2, 0.25) is 0 Å². The van der Waals surface area contributed by atoms with Gasteiger partial charge in [-0.1, -0.05) is 53.7 Å². The number of carbonyl (C=O) groups is 1. The summed E-state index contributed by atoms with van der Waals surface area (Å²) < 4.78 is 11.0. The van der Waals surface area contributed by atoms with Crippen LogP contribution in [0.25, 0.3) is 11.1 Å². The highest BCUT2D eigenvalue weighted by Crippen LogP contribution is 2.45. The Bertz CT molecular complexity index is 954. The van der Waals surface area contributed by atoms with Gasteiger partial charge in [-0.2, -0.15) is 0 Å². The van der Waals surface area contributed by atoms with Gasteiger partial charge in [-0.05, 0) is 84.9 Å². The van der Waals surface area contributed by atoms with Crippen molar-refractivity contribution in [3.8, 4) is 16.9 Å². The van der Waals surface area contributed by atoms with Gasteiger partial charge in [0.1, 0.15) is 5.75 Å². The van der Waals surface area contributed by atoms with Crippen LogP contribution >= 0.6 is 0 Å². The van der Waals surface area contributed by atoms with Gasteiger partial charge in [0.2, 0.25) is 0 Å². The molecule has 0 heterocycles. The molecular weight excluding hydrogens is 372 g/mol. The van der Waals surface area contributed by atoms with E-state index < -0.39 is 6.16 Å². The Morgan fingerprint density at radius 3 is 1.97 bits per heavy atom. The number of aryl methyl sites for hydroxylation is 2. The SMILES string of the molecule is CCOC(=O)Oc1c(C(C)(C)C)cc(C)c(C)c1-c1[c]c(C(C)(C)C)cc(C)c1C. The molecule has 0 saturated carbocycles. The zero-order valence-electron chi connectivity index (χ0n) is 20.6. The van der Waals surface area contributed by atoms with E-state index in [2.05, 4.69) is 87.4 Å². The molecule has 3 heteroatoms. The second kappa shape index (κ2) is 8.45. The highest BCUT2D eigenvalue weighted by Gasteiger charge is 2.28. The Morgan fingerprint density at radius 2 is 1.47 bits per heavy atom. The van der Waals surface area contributed by atoms with Crippen molar-refractivity contribution in [1.29, 1.82) is 0 Å². The molecule has 0 aliphatic rings. The van der Waals surface area contributed by atoms with E-state index in [1.165, 1.54) is 5.56 Å². The van der Waals surface area contributed by atoms with E-state index in [0.717, 1.165) is 38.9 Å². The molecule has 2 aromatic rings. The Balaban J connectivity index is 2.96. The van der Waals surface area contributed by atoms with Crippen LogP contribution in [0.15, 0.2) is 12.1 Å². The average molecular weight is 410 g/mol. The predicted octanol–water partition coefficient (Wildman–Crippen LogP) is 7.52. The molecule has 1 radical (unpaired) electrons. The molecule has 0 bridgehead atoms. The minimum absolute atomic E-state index is 0.0417. The zero-order valence-corrected chi connectivity index (χ0v) is 20.6. The molecule has 0 amide bonds. The lowest BCUT2D eigenvalue weighted by molar-refractivity contribution is 0.104. The van der Waals surface area contributed by atoms with Gasteiger partial charge < -0.3 is 9.47 Å². The third kappa shape index (κ3) is 4.88. The summed E-state index contributed by atoms with van der Waals surface area (Å²) in [7, 11) is 0. The molecule has 0 N–H and O–H groups in total. The Morgan fingerprint density at radius 1 is 0.900 bits per heavy atom. The molecular formula is C27H37O3. The quantitative estimate of drug-likeness (QED) is 0.388. The van der Waals surface area contributed by atoms with Gasteiger partial charge in [-0.15, -0.1) is 0 Å². The molecule has 0 fully saturated rings. The summed E-state index contributed by atoms with van der Waals surface area (Å²) in [6, 6.07) is 8.01. The fraction of sp³-hybridized carbons (Fsp3) is 0.519. The van der Waals surface area contributed by atoms with E-state index in [1.54, 1.807) is 6.92 Å². The molecule has 2 rings (SSSR count). The summed E-state index contributed by atoms with van der Waals surface area (Å²) in [5, 5.41) is 0. The van der Waals surface area contributed by atoms with E-state index in [0.29, 0.717) is 5.75 Å². The van der Waals surface area contributed by atoms with Crippen LogP contribution in [-0.4, -0.2) is 12.8 Å². The minimum Gasteiger partial charge on any atom is -0.434 e. The van der Waals surface area contributed by atoms with Gasteiger partial charge in [0.05, 0.1) is 6.61 Å². The monoisotopic (exact) mass is 409 g/mol. The molecule has 30 heavy (non-hydrogen) atoms. The van der Waals surface area contributed by atoms with E-state index in [4.69, 9.17) is 9.47 Å². The fourth-order valence-corrected chi connectivity index (χ4v) is 3.53. The second-order valence-corrected chi connectivity index (χ2v) is 10.2. The molecule has 0 saturated heterocycles. The maximum atomic E-state index is 12.4. The minimum atomic E-state index is -0.672. The van der Waals surface area contributed by atoms with E-state index in [9.17, 15) is 4.79 Å². The summed E-state index contributed by atoms with van der Waals surface area (Å²) in [5.41, 5.74) is 8.40. The van der Waals surface area contributed by atoms with Crippen LogP contribution in [-0.2, 0) is 15.6 Å². The lowest BCUT2D eigenvalue weighted by Crippen LogP contribution is -2.19. The van der Waals surface area contributed by atoms with Gasteiger partial charge >= 0.3 is 6.16 Å². The maximum absolute atomic E-state index is 12.4. The first kappa shape index (κ1) is 24.0. The highest BCUT2D eigenvalue weighted by atomic mass is 16.7. The van der Waals surface area contributed by atoms with Crippen LogP contribution in [0.1, 0.15) is 81.8 Å². The van der Waals surface area contributed by atoms with Crippen LogP contribution in [0.4, 0.5) is 4.79 Å². The topological polar surface area (TPSA) is 35.5 Å². The Kier molecular flexibility index (Phi) is 6.76. The summed E-state index contributed by atoms with van der Waals surface area (Å²) in [4.78, 5) is 12.4. The van der Waals surface area contributed by atoms with Crippen LogP contribution in [0, 0.1) is 33.8 Å². The first-order valence-electron chi connectivity index (χ1n) is 10.7. The predicted molar refractivity (Wildman–Crippen MR) is 125 cm³/mol. The van der Waals surface area contributed by atoms with Crippen LogP contribution in [0.3, 0.4) is 0 Å². The molecule has 0 spiro atoms. The van der Waals surface area contributed by atoms with Gasteiger partial charge in [0.15, 0.2) is 0 Å². The highest BCUT2D eigenvalue weighted by molar-refractivity contribution is 5.83. The van der Waals surface area contributed by atoms with Crippen molar-refractivity contribution in [2.45, 2.75) is 87.0 Å². The standard InChI is InChI=1S/C27H37O3/c1-12-29-25(28)30-24-22(27(9,10)11)14-17(3)19(5)23(24)21-15-20(26(6,7)8)13-16(2)18(21)4/h13-14H,12H2,1-11H3. The summed E-state index contributed by atoms with van der Waals surface area (Å²) >= 11 is 0. The summed E-state index contributed by atoms with van der Waals surface area (Å²) in [6.45, 7) is 23.5. The third-order valence-corrected chi connectivity index (χ3v) is 5.70. The number of benzene rings is 2. The fourth-order valence-electron chi connectivity index (χ4n) is 3.53. The second-order valence-electron chi connectivity index (χ2n) is 10.2. The van der Waals surface area contributed by atoms with Crippen LogP contribution < -0.4 is 4.74 Å². The van der Waals surface area contributed by atoms with E-state index in [1.807, 2.05) is 0 Å². The maximum Gasteiger partial charge on any atom is 0.513 e. The third-order valence-electron chi connectivity index (χ3n) is 5.70. The van der Waals surface area contributed by atoms with Gasteiger partial charge in [-0.3, -0.25) is 0 Å². The Labute approximate surface area is 182 Å². The summed E-state index contributed by atoms with van der Waals surface area (Å²) in [6.07, 6.45) is -0.672. The van der Waals surface area contributed by atoms with Crippen LogP contribution in [0.5, 0.6) is 5.75 Å². The van der Waals surface area contributed by atoms with Crippen molar-refractivity contribution in [1.82, 2.24) is 0 Å². The molecule has 2 aromatic carbocycles. The van der Waals surface area contributed by atoms with E-state index in [-0.39, 0.29) is 17.4 Å². The van der Waals surface area contributed by atoms with Crippen molar-refractivity contribution >= 4 is 6.16 Å². The van der Waals surface area contributed by atoms with Crippen molar-refractivity contribution < 1.29 is 14.3 Å². The number of rotatable bonds is 3. The van der Waals surface area contributed by atoms with Crippen molar-refractivity contribution in [3.63, 3.8) is 0 Å². The molecule has 0 aliphatic heterocycles. The van der Waals surface area contributed by atoms with Crippen molar-refractivity contribution in [2.75, 3.05) is 6.61 Å². The number of hydrogen-bond acceptors (Lipinski definition) is 3. The largest absolute Gasteiger partial charge is 0.513 e.